The predicted octanol–water partition coefficient (Wildman–Crippen LogP) is 3.36. The van der Waals surface area contributed by atoms with Crippen molar-refractivity contribution in [2.45, 2.75) is 37.9 Å². The van der Waals surface area contributed by atoms with Gasteiger partial charge in [-0.3, -0.25) is 9.80 Å². The van der Waals surface area contributed by atoms with E-state index in [0.717, 1.165) is 43.0 Å². The number of hydrogen-bond acceptors (Lipinski definition) is 4. The van der Waals surface area contributed by atoms with Gasteiger partial charge in [0, 0.05) is 37.3 Å². The predicted molar refractivity (Wildman–Crippen MR) is 111 cm³/mol. The number of hydrogen-bond donors (Lipinski definition) is 1. The molecule has 0 amide bonds. The molecule has 2 aliphatic heterocycles. The molecule has 0 saturated carbocycles. The third-order valence-electron chi connectivity index (χ3n) is 6.24. The van der Waals surface area contributed by atoms with Crippen LogP contribution in [0.3, 0.4) is 0 Å². The monoisotopic (exact) mass is 373 g/mol. The fourth-order valence-corrected chi connectivity index (χ4v) is 4.80. The Morgan fingerprint density at radius 3 is 2.54 bits per heavy atom. The highest BCUT2D eigenvalue weighted by Gasteiger charge is 2.36. The third kappa shape index (κ3) is 3.60. The van der Waals surface area contributed by atoms with Crippen molar-refractivity contribution in [1.82, 2.24) is 25.2 Å². The van der Waals surface area contributed by atoms with E-state index in [9.17, 15) is 0 Å². The standard InChI is InChI=1S/C23H27N5/c1-3-8-18(9-4-1)14-21-16-27-13-7-12-20(27)15-28(21)17-22-23(25-26-24-22)19-10-5-2-6-11-19/h1-6,8-11,20-21H,7,12-17H2,(H,24,25,26)/t20-,21+/m0/s1. The summed E-state index contributed by atoms with van der Waals surface area (Å²) in [5.74, 6) is 0. The Morgan fingerprint density at radius 2 is 1.71 bits per heavy atom. The number of nitrogens with zero attached hydrogens (tertiary/aromatic N) is 4. The quantitative estimate of drug-likeness (QED) is 0.745. The van der Waals surface area contributed by atoms with Crippen LogP contribution in [0.4, 0.5) is 0 Å². The highest BCUT2D eigenvalue weighted by atomic mass is 15.4. The van der Waals surface area contributed by atoms with Gasteiger partial charge in [-0.05, 0) is 31.4 Å². The van der Waals surface area contributed by atoms with Crippen LogP contribution in [0, 0.1) is 0 Å². The maximum absolute atomic E-state index is 4.52. The molecule has 1 aromatic heterocycles. The number of H-pyrrole nitrogens is 1. The van der Waals surface area contributed by atoms with Gasteiger partial charge in [-0.25, -0.2) is 0 Å². The lowest BCUT2D eigenvalue weighted by Gasteiger charge is -2.43. The molecular weight excluding hydrogens is 346 g/mol. The van der Waals surface area contributed by atoms with Crippen molar-refractivity contribution < 1.29 is 0 Å². The van der Waals surface area contributed by atoms with Crippen molar-refractivity contribution in [3.63, 3.8) is 0 Å². The number of rotatable bonds is 5. The van der Waals surface area contributed by atoms with Crippen LogP contribution in [-0.4, -0.2) is 56.9 Å². The van der Waals surface area contributed by atoms with Gasteiger partial charge in [0.1, 0.15) is 11.4 Å². The molecule has 3 heterocycles. The van der Waals surface area contributed by atoms with Gasteiger partial charge < -0.3 is 0 Å². The van der Waals surface area contributed by atoms with Crippen LogP contribution >= 0.6 is 0 Å². The van der Waals surface area contributed by atoms with E-state index in [1.165, 1.54) is 24.9 Å². The number of nitrogens with one attached hydrogen (secondary N) is 1. The molecular formula is C23H27N5. The maximum Gasteiger partial charge on any atom is 0.117 e. The highest BCUT2D eigenvalue weighted by Crippen LogP contribution is 2.29. The SMILES string of the molecule is c1ccc(C[C@@H]2CN3CCC[C@H]3CN2Cc2n[nH]nc2-c2ccccc2)cc1. The number of benzene rings is 2. The normalized spacial score (nSPS) is 23.0. The first kappa shape index (κ1) is 17.6. The zero-order valence-electron chi connectivity index (χ0n) is 16.2. The van der Waals surface area contributed by atoms with Crippen LogP contribution in [0.15, 0.2) is 60.7 Å². The van der Waals surface area contributed by atoms with E-state index < -0.39 is 0 Å². The molecule has 2 aliphatic rings. The van der Waals surface area contributed by atoms with Crippen molar-refractivity contribution in [2.24, 2.45) is 0 Å². The molecule has 2 saturated heterocycles. The second-order valence-electron chi connectivity index (χ2n) is 8.05. The smallest absolute Gasteiger partial charge is 0.117 e. The highest BCUT2D eigenvalue weighted by molar-refractivity contribution is 5.60. The minimum atomic E-state index is 0.511. The molecule has 2 aromatic carbocycles. The van der Waals surface area contributed by atoms with E-state index >= 15 is 0 Å². The van der Waals surface area contributed by atoms with Crippen molar-refractivity contribution in [1.29, 1.82) is 0 Å². The molecule has 1 N–H and O–H groups in total. The van der Waals surface area contributed by atoms with Gasteiger partial charge in [0.15, 0.2) is 0 Å². The van der Waals surface area contributed by atoms with E-state index in [1.54, 1.807) is 0 Å². The Kier molecular flexibility index (Phi) is 4.93. The van der Waals surface area contributed by atoms with Crippen molar-refractivity contribution in [2.75, 3.05) is 19.6 Å². The van der Waals surface area contributed by atoms with Crippen LogP contribution in [0.2, 0.25) is 0 Å². The van der Waals surface area contributed by atoms with Crippen LogP contribution in [0.1, 0.15) is 24.1 Å². The summed E-state index contributed by atoms with van der Waals surface area (Å²) in [4.78, 5) is 5.34. The minimum absolute atomic E-state index is 0.511. The second-order valence-corrected chi connectivity index (χ2v) is 8.05. The summed E-state index contributed by atoms with van der Waals surface area (Å²) in [6, 6.07) is 22.5. The van der Waals surface area contributed by atoms with Crippen molar-refractivity contribution >= 4 is 0 Å². The van der Waals surface area contributed by atoms with Gasteiger partial charge in [0.2, 0.25) is 0 Å². The summed E-state index contributed by atoms with van der Waals surface area (Å²) in [5, 5.41) is 11.8. The minimum Gasteiger partial charge on any atom is -0.298 e. The lowest BCUT2D eigenvalue weighted by molar-refractivity contribution is 0.0448. The Bertz CT molecular complexity index is 892. The number of aromatic nitrogens is 3. The Hall–Kier alpha value is -2.50. The molecule has 3 aromatic rings. The summed E-state index contributed by atoms with van der Waals surface area (Å²) in [7, 11) is 0. The lowest BCUT2D eigenvalue weighted by atomic mass is 9.99. The summed E-state index contributed by atoms with van der Waals surface area (Å²) in [6.07, 6.45) is 3.73. The number of fused-ring (bicyclic) bond motifs is 1. The number of piperazine rings is 1. The summed E-state index contributed by atoms with van der Waals surface area (Å²) in [6.45, 7) is 4.38. The molecule has 28 heavy (non-hydrogen) atoms. The molecule has 144 valence electrons. The van der Waals surface area contributed by atoms with Crippen LogP contribution in [0.5, 0.6) is 0 Å². The molecule has 5 rings (SSSR count). The first-order chi connectivity index (χ1) is 13.9. The van der Waals surface area contributed by atoms with E-state index in [0.29, 0.717) is 12.1 Å². The zero-order chi connectivity index (χ0) is 18.8. The average Bonchev–Trinajstić information content (AvgIpc) is 3.39. The Morgan fingerprint density at radius 1 is 0.929 bits per heavy atom. The Balaban J connectivity index is 1.39. The Labute approximate surface area is 166 Å². The van der Waals surface area contributed by atoms with Crippen LogP contribution in [-0.2, 0) is 13.0 Å². The molecule has 5 nitrogen and oxygen atoms in total. The van der Waals surface area contributed by atoms with E-state index in [1.807, 2.05) is 6.07 Å². The summed E-state index contributed by atoms with van der Waals surface area (Å²) >= 11 is 0. The van der Waals surface area contributed by atoms with Crippen molar-refractivity contribution in [3.8, 4) is 11.3 Å². The largest absolute Gasteiger partial charge is 0.298 e. The van der Waals surface area contributed by atoms with E-state index in [4.69, 9.17) is 0 Å². The summed E-state index contributed by atoms with van der Waals surface area (Å²) < 4.78 is 0. The lowest BCUT2D eigenvalue weighted by Crippen LogP contribution is -2.56. The first-order valence-electron chi connectivity index (χ1n) is 10.3. The molecule has 0 spiro atoms. The molecule has 0 radical (unpaired) electrons. The van der Waals surface area contributed by atoms with Gasteiger partial charge in [0.25, 0.3) is 0 Å². The van der Waals surface area contributed by atoms with E-state index in [2.05, 4.69) is 79.8 Å². The summed E-state index contributed by atoms with van der Waals surface area (Å²) in [5.41, 5.74) is 4.58. The molecule has 0 aliphatic carbocycles. The molecule has 0 bridgehead atoms. The van der Waals surface area contributed by atoms with Crippen LogP contribution < -0.4 is 0 Å². The molecule has 5 heteroatoms. The van der Waals surface area contributed by atoms with Crippen molar-refractivity contribution in [3.05, 3.63) is 71.9 Å². The van der Waals surface area contributed by atoms with Gasteiger partial charge in [0.05, 0.1) is 0 Å². The second kappa shape index (κ2) is 7.86. The zero-order valence-corrected chi connectivity index (χ0v) is 16.2. The number of aromatic amines is 1. The van der Waals surface area contributed by atoms with Gasteiger partial charge in [-0.1, -0.05) is 60.7 Å². The first-order valence-corrected chi connectivity index (χ1v) is 10.3. The molecule has 2 atom stereocenters. The fraction of sp³-hybridized carbons (Fsp3) is 0.391. The van der Waals surface area contributed by atoms with Gasteiger partial charge in [-0.15, -0.1) is 0 Å². The van der Waals surface area contributed by atoms with Crippen LogP contribution in [0.25, 0.3) is 11.3 Å². The van der Waals surface area contributed by atoms with E-state index in [-0.39, 0.29) is 0 Å². The molecule has 0 unspecified atom stereocenters. The third-order valence-corrected chi connectivity index (χ3v) is 6.24. The average molecular weight is 374 g/mol. The fourth-order valence-electron chi connectivity index (χ4n) is 4.80. The van der Waals surface area contributed by atoms with Gasteiger partial charge >= 0.3 is 0 Å². The topological polar surface area (TPSA) is 48.0 Å². The molecule has 2 fully saturated rings. The maximum atomic E-state index is 4.52. The van der Waals surface area contributed by atoms with Gasteiger partial charge in [-0.2, -0.15) is 15.4 Å².